The van der Waals surface area contributed by atoms with Gasteiger partial charge in [0.2, 0.25) is 5.56 Å². The van der Waals surface area contributed by atoms with Crippen LogP contribution < -0.4 is 5.56 Å². The van der Waals surface area contributed by atoms with Gasteiger partial charge in [-0.15, -0.1) is 0 Å². The highest BCUT2D eigenvalue weighted by atomic mass is 16.1. The number of aromatic nitrogens is 3. The number of nitrogens with zero attached hydrogens (tertiary/aromatic N) is 1. The molecule has 0 aliphatic rings. The molecule has 3 rings (SSSR count). The van der Waals surface area contributed by atoms with E-state index in [-0.39, 0.29) is 5.56 Å². The molecule has 84 valence electrons. The number of aryl methyl sites for hydroxylation is 1. The van der Waals surface area contributed by atoms with Gasteiger partial charge < -0.3 is 9.97 Å². The Kier molecular flexibility index (Phi) is 2.08. The number of aromatic amines is 2. The van der Waals surface area contributed by atoms with Crippen LogP contribution in [-0.4, -0.2) is 15.0 Å². The SMILES string of the molecule is Cc1cc(=O)[nH]c2nc(-c3ccccc3)[nH]c12. The average molecular weight is 225 g/mol. The molecule has 4 nitrogen and oxygen atoms in total. The van der Waals surface area contributed by atoms with Crippen molar-refractivity contribution in [1.82, 2.24) is 15.0 Å². The van der Waals surface area contributed by atoms with Crippen LogP contribution in [0.2, 0.25) is 0 Å². The molecule has 0 unspecified atom stereocenters. The van der Waals surface area contributed by atoms with Gasteiger partial charge >= 0.3 is 0 Å². The van der Waals surface area contributed by atoms with E-state index >= 15 is 0 Å². The van der Waals surface area contributed by atoms with Crippen molar-refractivity contribution in [2.45, 2.75) is 6.92 Å². The van der Waals surface area contributed by atoms with E-state index in [2.05, 4.69) is 15.0 Å². The van der Waals surface area contributed by atoms with Gasteiger partial charge in [-0.25, -0.2) is 4.98 Å². The molecule has 0 aliphatic heterocycles. The fourth-order valence-electron chi connectivity index (χ4n) is 1.90. The van der Waals surface area contributed by atoms with Crippen LogP contribution in [0.1, 0.15) is 5.56 Å². The van der Waals surface area contributed by atoms with Crippen LogP contribution in [0.5, 0.6) is 0 Å². The van der Waals surface area contributed by atoms with E-state index in [4.69, 9.17) is 0 Å². The molecule has 0 radical (unpaired) electrons. The van der Waals surface area contributed by atoms with Crippen LogP contribution >= 0.6 is 0 Å². The molecule has 4 heteroatoms. The Morgan fingerprint density at radius 2 is 1.88 bits per heavy atom. The maximum atomic E-state index is 11.3. The molecule has 2 heterocycles. The summed E-state index contributed by atoms with van der Waals surface area (Å²) in [5.74, 6) is 0.769. The minimum absolute atomic E-state index is 0.124. The summed E-state index contributed by atoms with van der Waals surface area (Å²) in [4.78, 5) is 21.7. The van der Waals surface area contributed by atoms with Gasteiger partial charge in [0.15, 0.2) is 5.65 Å². The third kappa shape index (κ3) is 1.63. The smallest absolute Gasteiger partial charge is 0.249 e. The summed E-state index contributed by atoms with van der Waals surface area (Å²) in [6, 6.07) is 11.4. The highest BCUT2D eigenvalue weighted by Crippen LogP contribution is 2.19. The largest absolute Gasteiger partial charge is 0.336 e. The van der Waals surface area contributed by atoms with Gasteiger partial charge in [0.25, 0.3) is 0 Å². The topological polar surface area (TPSA) is 61.5 Å². The first kappa shape index (κ1) is 9.84. The van der Waals surface area contributed by atoms with Gasteiger partial charge in [0, 0.05) is 11.6 Å². The predicted octanol–water partition coefficient (Wildman–Crippen LogP) is 2.23. The van der Waals surface area contributed by atoms with Crippen molar-refractivity contribution >= 4 is 11.2 Å². The van der Waals surface area contributed by atoms with Gasteiger partial charge in [-0.2, -0.15) is 0 Å². The van der Waals surface area contributed by atoms with E-state index in [1.807, 2.05) is 37.3 Å². The molecule has 1 aromatic carbocycles. The number of fused-ring (bicyclic) bond motifs is 1. The number of pyridine rings is 1. The standard InChI is InChI=1S/C13H11N3O/c1-8-7-10(17)14-13-11(8)15-12(16-13)9-5-3-2-4-6-9/h2-7H,1H3,(H2,14,15,16,17). The van der Waals surface area contributed by atoms with Crippen molar-refractivity contribution in [3.05, 3.63) is 52.3 Å². The molecule has 0 saturated heterocycles. The first-order valence-corrected chi connectivity index (χ1v) is 5.39. The van der Waals surface area contributed by atoms with Crippen molar-refractivity contribution in [1.29, 1.82) is 0 Å². The van der Waals surface area contributed by atoms with Crippen LogP contribution in [0, 0.1) is 6.92 Å². The average Bonchev–Trinajstić information content (AvgIpc) is 2.74. The van der Waals surface area contributed by atoms with Gasteiger partial charge in [0.1, 0.15) is 5.82 Å². The number of benzene rings is 1. The number of hydrogen-bond acceptors (Lipinski definition) is 2. The van der Waals surface area contributed by atoms with Crippen LogP contribution in [0.3, 0.4) is 0 Å². The minimum atomic E-state index is -0.124. The number of rotatable bonds is 1. The Labute approximate surface area is 97.3 Å². The molecular formula is C13H11N3O. The summed E-state index contributed by atoms with van der Waals surface area (Å²) in [5, 5.41) is 0. The Hall–Kier alpha value is -2.36. The first-order valence-electron chi connectivity index (χ1n) is 5.39. The second-order valence-electron chi connectivity index (χ2n) is 3.99. The van der Waals surface area contributed by atoms with Crippen molar-refractivity contribution in [2.24, 2.45) is 0 Å². The van der Waals surface area contributed by atoms with Gasteiger partial charge in [-0.1, -0.05) is 30.3 Å². The number of imidazole rings is 1. The third-order valence-electron chi connectivity index (χ3n) is 2.73. The lowest BCUT2D eigenvalue weighted by Gasteiger charge is -1.93. The zero-order chi connectivity index (χ0) is 11.8. The van der Waals surface area contributed by atoms with Gasteiger partial charge in [-0.05, 0) is 12.5 Å². The Morgan fingerprint density at radius 1 is 1.12 bits per heavy atom. The Balaban J connectivity index is 2.27. The minimum Gasteiger partial charge on any atom is -0.336 e. The third-order valence-corrected chi connectivity index (χ3v) is 2.73. The van der Waals surface area contributed by atoms with Crippen molar-refractivity contribution in [3.8, 4) is 11.4 Å². The van der Waals surface area contributed by atoms with E-state index in [9.17, 15) is 4.79 Å². The molecule has 2 N–H and O–H groups in total. The van der Waals surface area contributed by atoms with Crippen LogP contribution in [-0.2, 0) is 0 Å². The number of H-pyrrole nitrogens is 2. The fourth-order valence-corrected chi connectivity index (χ4v) is 1.90. The van der Waals surface area contributed by atoms with Crippen molar-refractivity contribution in [2.75, 3.05) is 0 Å². The van der Waals surface area contributed by atoms with E-state index in [0.29, 0.717) is 5.65 Å². The van der Waals surface area contributed by atoms with Crippen LogP contribution in [0.4, 0.5) is 0 Å². The maximum absolute atomic E-state index is 11.3. The monoisotopic (exact) mass is 225 g/mol. The van der Waals surface area contributed by atoms with Crippen LogP contribution in [0.25, 0.3) is 22.6 Å². The van der Waals surface area contributed by atoms with E-state index in [1.54, 1.807) is 6.07 Å². The Morgan fingerprint density at radius 3 is 2.65 bits per heavy atom. The molecule has 0 fully saturated rings. The first-order chi connectivity index (χ1) is 8.24. The van der Waals surface area contributed by atoms with E-state index < -0.39 is 0 Å². The van der Waals surface area contributed by atoms with Crippen molar-refractivity contribution < 1.29 is 0 Å². The van der Waals surface area contributed by atoms with E-state index in [1.165, 1.54) is 0 Å². The molecule has 3 aromatic rings. The van der Waals surface area contributed by atoms with Crippen LogP contribution in [0.15, 0.2) is 41.2 Å². The molecule has 0 bridgehead atoms. The lowest BCUT2D eigenvalue weighted by molar-refractivity contribution is 1.24. The summed E-state index contributed by atoms with van der Waals surface area (Å²) in [6.07, 6.45) is 0. The molecule has 0 amide bonds. The van der Waals surface area contributed by atoms with E-state index in [0.717, 1.165) is 22.5 Å². The molecule has 0 saturated carbocycles. The lowest BCUT2D eigenvalue weighted by atomic mass is 10.2. The summed E-state index contributed by atoms with van der Waals surface area (Å²) < 4.78 is 0. The fraction of sp³-hybridized carbons (Fsp3) is 0.0769. The summed E-state index contributed by atoms with van der Waals surface area (Å²) >= 11 is 0. The van der Waals surface area contributed by atoms with Gasteiger partial charge in [0.05, 0.1) is 5.52 Å². The molecule has 17 heavy (non-hydrogen) atoms. The van der Waals surface area contributed by atoms with Crippen molar-refractivity contribution in [3.63, 3.8) is 0 Å². The lowest BCUT2D eigenvalue weighted by Crippen LogP contribution is -2.04. The molecule has 0 aliphatic carbocycles. The molecule has 2 aromatic heterocycles. The molecular weight excluding hydrogens is 214 g/mol. The Bertz CT molecular complexity index is 725. The normalized spacial score (nSPS) is 10.9. The summed E-state index contributed by atoms with van der Waals surface area (Å²) in [5.41, 5.74) is 3.26. The maximum Gasteiger partial charge on any atom is 0.249 e. The highest BCUT2D eigenvalue weighted by Gasteiger charge is 2.07. The number of hydrogen-bond donors (Lipinski definition) is 2. The molecule has 0 spiro atoms. The molecule has 0 atom stereocenters. The zero-order valence-electron chi connectivity index (χ0n) is 9.32. The second-order valence-corrected chi connectivity index (χ2v) is 3.99. The highest BCUT2D eigenvalue weighted by molar-refractivity contribution is 5.78. The summed E-state index contributed by atoms with van der Waals surface area (Å²) in [7, 11) is 0. The second kappa shape index (κ2) is 3.59. The number of nitrogens with one attached hydrogen (secondary N) is 2. The van der Waals surface area contributed by atoms with Gasteiger partial charge in [-0.3, -0.25) is 4.79 Å². The zero-order valence-corrected chi connectivity index (χ0v) is 9.32. The predicted molar refractivity (Wildman–Crippen MR) is 66.9 cm³/mol. The summed E-state index contributed by atoms with van der Waals surface area (Å²) in [6.45, 7) is 1.89. The quantitative estimate of drug-likeness (QED) is 0.667.